The molecule has 0 atom stereocenters. The van der Waals surface area contributed by atoms with E-state index in [1.807, 2.05) is 0 Å². The van der Waals surface area contributed by atoms with Crippen LogP contribution in [0.4, 0.5) is 0 Å². The van der Waals surface area contributed by atoms with E-state index in [0.29, 0.717) is 18.9 Å². The normalized spacial score (nSPS) is 28.3. The summed E-state index contributed by atoms with van der Waals surface area (Å²) in [7, 11) is 0. The molecule has 0 aromatic carbocycles. The number of likely N-dealkylation sites (tertiary alicyclic amines) is 2. The van der Waals surface area contributed by atoms with E-state index in [0.717, 1.165) is 13.1 Å². The van der Waals surface area contributed by atoms with Crippen LogP contribution in [0.5, 0.6) is 0 Å². The molecule has 4 nitrogen and oxygen atoms in total. The van der Waals surface area contributed by atoms with Gasteiger partial charge in [-0.25, -0.2) is 0 Å². The number of amides is 2. The summed E-state index contributed by atoms with van der Waals surface area (Å²) < 4.78 is 0. The lowest BCUT2D eigenvalue weighted by molar-refractivity contribution is -0.146. The van der Waals surface area contributed by atoms with Crippen LogP contribution < -0.4 is 0 Å². The summed E-state index contributed by atoms with van der Waals surface area (Å²) in [5, 5.41) is 0. The van der Waals surface area contributed by atoms with Gasteiger partial charge in [-0.1, -0.05) is 32.1 Å². The smallest absolute Gasteiger partial charge is 0.230 e. The molecule has 0 spiro atoms. The number of hydrogen-bond donors (Lipinski definition) is 0. The van der Waals surface area contributed by atoms with Crippen LogP contribution in [-0.2, 0) is 9.59 Å². The lowest BCUT2D eigenvalue weighted by atomic mass is 9.92. The molecule has 4 heteroatoms. The average molecular weight is 264 g/mol. The molecule has 2 saturated heterocycles. The first-order valence-electron chi connectivity index (χ1n) is 7.84. The molecule has 0 bridgehead atoms. The van der Waals surface area contributed by atoms with Crippen molar-refractivity contribution in [1.29, 1.82) is 0 Å². The van der Waals surface area contributed by atoms with Crippen LogP contribution >= 0.6 is 0 Å². The maximum atomic E-state index is 11.7. The van der Waals surface area contributed by atoms with Gasteiger partial charge in [0.2, 0.25) is 11.8 Å². The predicted molar refractivity (Wildman–Crippen MR) is 72.6 cm³/mol. The maximum absolute atomic E-state index is 11.7. The van der Waals surface area contributed by atoms with Crippen molar-refractivity contribution in [2.75, 3.05) is 13.1 Å². The third kappa shape index (κ3) is 2.69. The van der Waals surface area contributed by atoms with Crippen molar-refractivity contribution in [3.63, 3.8) is 0 Å². The summed E-state index contributed by atoms with van der Waals surface area (Å²) in [6.07, 6.45) is 10.3. The summed E-state index contributed by atoms with van der Waals surface area (Å²) >= 11 is 0. The van der Waals surface area contributed by atoms with Gasteiger partial charge in [-0.15, -0.1) is 0 Å². The van der Waals surface area contributed by atoms with Crippen molar-refractivity contribution < 1.29 is 9.59 Å². The Labute approximate surface area is 115 Å². The lowest BCUT2D eigenvalue weighted by Crippen LogP contribution is -2.63. The fourth-order valence-corrected chi connectivity index (χ4v) is 3.75. The van der Waals surface area contributed by atoms with E-state index < -0.39 is 0 Å². The van der Waals surface area contributed by atoms with Crippen molar-refractivity contribution in [3.05, 3.63) is 0 Å². The molecule has 3 fully saturated rings. The molecule has 1 saturated carbocycles. The third-order valence-electron chi connectivity index (χ3n) is 4.94. The molecular formula is C15H24N2O2. The fraction of sp³-hybridized carbons (Fsp3) is 0.867. The highest BCUT2D eigenvalue weighted by atomic mass is 16.2. The summed E-state index contributed by atoms with van der Waals surface area (Å²) in [5.41, 5.74) is 0. The summed E-state index contributed by atoms with van der Waals surface area (Å²) in [4.78, 5) is 27.4. The van der Waals surface area contributed by atoms with Gasteiger partial charge in [-0.05, 0) is 12.8 Å². The van der Waals surface area contributed by atoms with Crippen LogP contribution in [0, 0.1) is 0 Å². The molecule has 3 aliphatic rings. The van der Waals surface area contributed by atoms with Crippen molar-refractivity contribution >= 4 is 11.8 Å². The van der Waals surface area contributed by atoms with E-state index in [1.54, 1.807) is 4.90 Å². The molecule has 2 heterocycles. The van der Waals surface area contributed by atoms with Gasteiger partial charge in [0, 0.05) is 32.0 Å². The standard InChI is InChI=1S/C15H24N2O2/c18-14-8-9-15(19)17(14)13-10-16(11-13)12-6-4-2-1-3-5-7-12/h12-13H,1-11H2. The van der Waals surface area contributed by atoms with Crippen LogP contribution in [0.2, 0.25) is 0 Å². The van der Waals surface area contributed by atoms with E-state index in [1.165, 1.54) is 44.9 Å². The minimum Gasteiger partial charge on any atom is -0.296 e. The topological polar surface area (TPSA) is 40.6 Å². The van der Waals surface area contributed by atoms with Crippen molar-refractivity contribution in [2.24, 2.45) is 0 Å². The number of rotatable bonds is 2. The molecule has 2 aliphatic heterocycles. The monoisotopic (exact) mass is 264 g/mol. The molecule has 3 rings (SSSR count). The van der Waals surface area contributed by atoms with Gasteiger partial charge in [0.25, 0.3) is 0 Å². The summed E-state index contributed by atoms with van der Waals surface area (Å²) in [5.74, 6) is 0.0969. The summed E-state index contributed by atoms with van der Waals surface area (Å²) in [6.45, 7) is 1.84. The van der Waals surface area contributed by atoms with Crippen molar-refractivity contribution in [2.45, 2.75) is 69.9 Å². The van der Waals surface area contributed by atoms with Crippen LogP contribution in [0.1, 0.15) is 57.8 Å². The zero-order valence-corrected chi connectivity index (χ0v) is 11.6. The lowest BCUT2D eigenvalue weighted by Gasteiger charge is -2.47. The number of carbonyl (C=O) groups excluding carboxylic acids is 2. The molecule has 0 N–H and O–H groups in total. The predicted octanol–water partition coefficient (Wildman–Crippen LogP) is 1.93. The van der Waals surface area contributed by atoms with Gasteiger partial charge >= 0.3 is 0 Å². The first-order chi connectivity index (χ1) is 9.25. The Kier molecular flexibility index (Phi) is 3.87. The zero-order valence-electron chi connectivity index (χ0n) is 11.6. The van der Waals surface area contributed by atoms with Crippen LogP contribution in [0.15, 0.2) is 0 Å². The Morgan fingerprint density at radius 2 is 1.26 bits per heavy atom. The molecule has 19 heavy (non-hydrogen) atoms. The third-order valence-corrected chi connectivity index (χ3v) is 4.94. The van der Waals surface area contributed by atoms with E-state index >= 15 is 0 Å². The Morgan fingerprint density at radius 3 is 1.84 bits per heavy atom. The minimum atomic E-state index is 0.0484. The minimum absolute atomic E-state index is 0.0484. The quantitative estimate of drug-likeness (QED) is 0.716. The maximum Gasteiger partial charge on any atom is 0.230 e. The largest absolute Gasteiger partial charge is 0.296 e. The Hall–Kier alpha value is -0.900. The number of imide groups is 1. The molecule has 2 amide bonds. The molecule has 0 unspecified atom stereocenters. The van der Waals surface area contributed by atoms with Crippen molar-refractivity contribution in [3.8, 4) is 0 Å². The Balaban J connectivity index is 1.51. The highest BCUT2D eigenvalue weighted by molar-refractivity contribution is 6.02. The second-order valence-corrected chi connectivity index (χ2v) is 6.26. The van der Waals surface area contributed by atoms with Gasteiger partial charge in [-0.2, -0.15) is 0 Å². The van der Waals surface area contributed by atoms with Crippen molar-refractivity contribution in [1.82, 2.24) is 9.80 Å². The molecule has 0 aromatic rings. The van der Waals surface area contributed by atoms with Gasteiger partial charge in [0.05, 0.1) is 6.04 Å². The zero-order chi connectivity index (χ0) is 13.2. The van der Waals surface area contributed by atoms with Gasteiger partial charge in [0.1, 0.15) is 0 Å². The first-order valence-corrected chi connectivity index (χ1v) is 7.84. The van der Waals surface area contributed by atoms with E-state index in [2.05, 4.69) is 4.90 Å². The van der Waals surface area contributed by atoms with Crippen LogP contribution in [-0.4, -0.2) is 46.8 Å². The highest BCUT2D eigenvalue weighted by Crippen LogP contribution is 2.28. The molecule has 0 radical (unpaired) electrons. The molecule has 1 aliphatic carbocycles. The molecule has 0 aromatic heterocycles. The fourth-order valence-electron chi connectivity index (χ4n) is 3.75. The second-order valence-electron chi connectivity index (χ2n) is 6.26. The highest BCUT2D eigenvalue weighted by Gasteiger charge is 2.42. The van der Waals surface area contributed by atoms with Crippen LogP contribution in [0.3, 0.4) is 0 Å². The van der Waals surface area contributed by atoms with E-state index in [4.69, 9.17) is 0 Å². The number of hydrogen-bond acceptors (Lipinski definition) is 3. The molecular weight excluding hydrogens is 240 g/mol. The Morgan fingerprint density at radius 1 is 0.737 bits per heavy atom. The van der Waals surface area contributed by atoms with Gasteiger partial charge in [-0.3, -0.25) is 19.4 Å². The van der Waals surface area contributed by atoms with Gasteiger partial charge < -0.3 is 0 Å². The first kappa shape index (κ1) is 13.1. The second kappa shape index (κ2) is 5.61. The number of nitrogens with zero attached hydrogens (tertiary/aromatic N) is 2. The molecule has 106 valence electrons. The average Bonchev–Trinajstić information content (AvgIpc) is 2.61. The van der Waals surface area contributed by atoms with E-state index in [9.17, 15) is 9.59 Å². The van der Waals surface area contributed by atoms with Gasteiger partial charge in [0.15, 0.2) is 0 Å². The van der Waals surface area contributed by atoms with E-state index in [-0.39, 0.29) is 17.9 Å². The SMILES string of the molecule is O=C1CCC(=O)N1C1CN(C2CCCCCCC2)C1. The number of carbonyl (C=O) groups is 2. The van der Waals surface area contributed by atoms with Crippen LogP contribution in [0.25, 0.3) is 0 Å². The summed E-state index contributed by atoms with van der Waals surface area (Å²) in [6, 6.07) is 0.872. The Bertz CT molecular complexity index is 339.